The zero-order chi connectivity index (χ0) is 8.27. The van der Waals surface area contributed by atoms with Gasteiger partial charge in [-0.25, -0.2) is 4.39 Å². The molecular formula is C9H7FO. The first-order chi connectivity index (χ1) is 5.24. The van der Waals surface area contributed by atoms with Gasteiger partial charge in [-0.2, -0.15) is 0 Å². The highest BCUT2D eigenvalue weighted by Gasteiger charge is 1.95. The van der Waals surface area contributed by atoms with Crippen molar-refractivity contribution in [3.63, 3.8) is 0 Å². The largest absolute Gasteiger partial charge is 0.298 e. The van der Waals surface area contributed by atoms with E-state index in [4.69, 9.17) is 0 Å². The minimum atomic E-state index is -0.313. The minimum Gasteiger partial charge on any atom is -0.298 e. The van der Waals surface area contributed by atoms with Gasteiger partial charge in [-0.1, -0.05) is 18.7 Å². The first-order valence-corrected chi connectivity index (χ1v) is 3.14. The molecule has 0 heterocycles. The van der Waals surface area contributed by atoms with E-state index in [1.165, 1.54) is 24.3 Å². The van der Waals surface area contributed by atoms with Crippen LogP contribution >= 0.6 is 0 Å². The summed E-state index contributed by atoms with van der Waals surface area (Å²) in [6.45, 7) is 3.48. The molecule has 11 heavy (non-hydrogen) atoms. The number of aldehydes is 1. The van der Waals surface area contributed by atoms with Gasteiger partial charge in [0.2, 0.25) is 0 Å². The molecule has 0 spiro atoms. The summed E-state index contributed by atoms with van der Waals surface area (Å²) in [6, 6.07) is 5.63. The average molecular weight is 150 g/mol. The third-order valence-corrected chi connectivity index (χ3v) is 1.36. The molecule has 0 unspecified atom stereocenters. The number of allylic oxidation sites excluding steroid dienone is 1. The van der Waals surface area contributed by atoms with E-state index in [9.17, 15) is 9.18 Å². The normalized spacial score (nSPS) is 9.18. The average Bonchev–Trinajstić information content (AvgIpc) is 2.05. The summed E-state index contributed by atoms with van der Waals surface area (Å²) in [5.74, 6) is -0.313. The Morgan fingerprint density at radius 2 is 1.91 bits per heavy atom. The second-order valence-corrected chi connectivity index (χ2v) is 2.15. The lowest BCUT2D eigenvalue weighted by Gasteiger charge is -1.95. The van der Waals surface area contributed by atoms with Gasteiger partial charge in [-0.05, 0) is 17.7 Å². The second-order valence-electron chi connectivity index (χ2n) is 2.15. The fourth-order valence-corrected chi connectivity index (χ4v) is 0.732. The van der Waals surface area contributed by atoms with Crippen LogP contribution in [0, 0.1) is 5.82 Å². The van der Waals surface area contributed by atoms with E-state index in [-0.39, 0.29) is 5.82 Å². The molecule has 0 aliphatic carbocycles. The predicted molar refractivity (Wildman–Crippen MR) is 41.5 cm³/mol. The molecule has 0 aliphatic rings. The molecule has 1 aromatic carbocycles. The monoisotopic (exact) mass is 150 g/mol. The number of benzene rings is 1. The zero-order valence-corrected chi connectivity index (χ0v) is 5.88. The van der Waals surface area contributed by atoms with E-state index in [1.54, 1.807) is 0 Å². The zero-order valence-electron chi connectivity index (χ0n) is 5.88. The van der Waals surface area contributed by atoms with Crippen LogP contribution in [-0.4, -0.2) is 6.29 Å². The lowest BCUT2D eigenvalue weighted by atomic mass is 10.1. The fourth-order valence-electron chi connectivity index (χ4n) is 0.732. The Kier molecular flexibility index (Phi) is 2.16. The molecule has 1 aromatic rings. The number of hydrogen-bond donors (Lipinski definition) is 0. The van der Waals surface area contributed by atoms with Crippen molar-refractivity contribution >= 4 is 11.9 Å². The quantitative estimate of drug-likeness (QED) is 0.465. The van der Waals surface area contributed by atoms with Gasteiger partial charge < -0.3 is 0 Å². The van der Waals surface area contributed by atoms with Crippen molar-refractivity contribution in [2.24, 2.45) is 0 Å². The molecule has 56 valence electrons. The molecule has 1 nitrogen and oxygen atoms in total. The summed E-state index contributed by atoms with van der Waals surface area (Å²) in [6.07, 6.45) is 0.646. The van der Waals surface area contributed by atoms with Gasteiger partial charge in [0.15, 0.2) is 0 Å². The fraction of sp³-hybridized carbons (Fsp3) is 0. The van der Waals surface area contributed by atoms with E-state index in [0.29, 0.717) is 17.4 Å². The van der Waals surface area contributed by atoms with E-state index in [0.717, 1.165) is 0 Å². The van der Waals surface area contributed by atoms with Crippen LogP contribution < -0.4 is 0 Å². The Morgan fingerprint density at radius 1 is 1.36 bits per heavy atom. The SMILES string of the molecule is C=C(C=O)c1ccc(F)cc1. The molecule has 0 aliphatic heterocycles. The van der Waals surface area contributed by atoms with Crippen molar-refractivity contribution in [2.75, 3.05) is 0 Å². The maximum Gasteiger partial charge on any atom is 0.150 e. The Hall–Kier alpha value is -1.44. The van der Waals surface area contributed by atoms with Gasteiger partial charge in [0.1, 0.15) is 12.1 Å². The maximum absolute atomic E-state index is 12.3. The summed E-state index contributed by atoms with van der Waals surface area (Å²) in [4.78, 5) is 10.2. The molecule has 0 radical (unpaired) electrons. The van der Waals surface area contributed by atoms with Crippen molar-refractivity contribution in [2.45, 2.75) is 0 Å². The maximum atomic E-state index is 12.3. The molecule has 0 aromatic heterocycles. The van der Waals surface area contributed by atoms with Gasteiger partial charge >= 0.3 is 0 Å². The van der Waals surface area contributed by atoms with E-state index in [1.807, 2.05) is 0 Å². The summed E-state index contributed by atoms with van der Waals surface area (Å²) in [5.41, 5.74) is 1.02. The first kappa shape index (κ1) is 7.66. The summed E-state index contributed by atoms with van der Waals surface area (Å²) < 4.78 is 12.3. The van der Waals surface area contributed by atoms with Crippen molar-refractivity contribution < 1.29 is 9.18 Å². The highest BCUT2D eigenvalue weighted by atomic mass is 19.1. The molecule has 0 fully saturated rings. The molecular weight excluding hydrogens is 143 g/mol. The highest BCUT2D eigenvalue weighted by molar-refractivity contribution is 6.05. The van der Waals surface area contributed by atoms with E-state index >= 15 is 0 Å². The number of carbonyl (C=O) groups is 1. The predicted octanol–water partition coefficient (Wildman–Crippen LogP) is 2.04. The lowest BCUT2D eigenvalue weighted by Crippen LogP contribution is -1.83. The van der Waals surface area contributed by atoms with Gasteiger partial charge in [0.25, 0.3) is 0 Å². The minimum absolute atomic E-state index is 0.313. The Bertz CT molecular complexity index is 274. The Balaban J connectivity index is 2.98. The molecule has 0 N–H and O–H groups in total. The van der Waals surface area contributed by atoms with Gasteiger partial charge in [0.05, 0.1) is 0 Å². The summed E-state index contributed by atoms with van der Waals surface area (Å²) in [5, 5.41) is 0. The number of hydrogen-bond acceptors (Lipinski definition) is 1. The van der Waals surface area contributed by atoms with Crippen LogP contribution in [0.1, 0.15) is 5.56 Å². The van der Waals surface area contributed by atoms with Crippen molar-refractivity contribution in [3.8, 4) is 0 Å². The van der Waals surface area contributed by atoms with Crippen molar-refractivity contribution in [3.05, 3.63) is 42.2 Å². The first-order valence-electron chi connectivity index (χ1n) is 3.14. The molecule has 0 saturated carbocycles. The van der Waals surface area contributed by atoms with Crippen molar-refractivity contribution in [1.82, 2.24) is 0 Å². The number of carbonyl (C=O) groups excluding carboxylic acids is 1. The smallest absolute Gasteiger partial charge is 0.150 e. The van der Waals surface area contributed by atoms with Crippen LogP contribution in [0.3, 0.4) is 0 Å². The molecule has 2 heteroatoms. The van der Waals surface area contributed by atoms with Crippen molar-refractivity contribution in [1.29, 1.82) is 0 Å². The molecule has 0 bridgehead atoms. The number of halogens is 1. The Morgan fingerprint density at radius 3 is 2.36 bits per heavy atom. The van der Waals surface area contributed by atoms with E-state index < -0.39 is 0 Å². The molecule has 0 amide bonds. The molecule has 0 atom stereocenters. The summed E-state index contributed by atoms with van der Waals surface area (Å²) >= 11 is 0. The van der Waals surface area contributed by atoms with Crippen LogP contribution in [0.25, 0.3) is 5.57 Å². The summed E-state index contributed by atoms with van der Waals surface area (Å²) in [7, 11) is 0. The third-order valence-electron chi connectivity index (χ3n) is 1.36. The van der Waals surface area contributed by atoms with Gasteiger partial charge in [-0.3, -0.25) is 4.79 Å². The van der Waals surface area contributed by atoms with Crippen LogP contribution in [0.4, 0.5) is 4.39 Å². The third kappa shape index (κ3) is 1.74. The van der Waals surface area contributed by atoms with Crippen LogP contribution in [0.2, 0.25) is 0 Å². The standard InChI is InChI=1S/C9H7FO/c1-7(6-11)8-2-4-9(10)5-3-8/h2-6H,1H2. The topological polar surface area (TPSA) is 17.1 Å². The lowest BCUT2D eigenvalue weighted by molar-refractivity contribution is -0.103. The molecule has 0 saturated heterocycles. The Labute approximate surface area is 64.2 Å². The van der Waals surface area contributed by atoms with Gasteiger partial charge in [0, 0.05) is 5.57 Å². The van der Waals surface area contributed by atoms with Crippen LogP contribution in [-0.2, 0) is 4.79 Å². The van der Waals surface area contributed by atoms with Crippen LogP contribution in [0.5, 0.6) is 0 Å². The van der Waals surface area contributed by atoms with Gasteiger partial charge in [-0.15, -0.1) is 0 Å². The molecule has 1 rings (SSSR count). The highest BCUT2D eigenvalue weighted by Crippen LogP contribution is 2.09. The number of rotatable bonds is 2. The second kappa shape index (κ2) is 3.10. The van der Waals surface area contributed by atoms with E-state index in [2.05, 4.69) is 6.58 Å². The van der Waals surface area contributed by atoms with Crippen LogP contribution in [0.15, 0.2) is 30.8 Å².